The number of nitrogens with zero attached hydrogens (tertiary/aromatic N) is 4. The molecule has 0 saturated heterocycles. The van der Waals surface area contributed by atoms with E-state index in [1.165, 1.54) is 24.6 Å². The highest BCUT2D eigenvalue weighted by atomic mass is 32.2. The molecule has 0 spiro atoms. The summed E-state index contributed by atoms with van der Waals surface area (Å²) in [6, 6.07) is 0.427. The van der Waals surface area contributed by atoms with Crippen LogP contribution >= 0.6 is 11.8 Å². The van der Waals surface area contributed by atoms with Gasteiger partial charge in [-0.2, -0.15) is 0 Å². The fourth-order valence-electron chi connectivity index (χ4n) is 1.86. The second-order valence-electron chi connectivity index (χ2n) is 4.06. The van der Waals surface area contributed by atoms with Gasteiger partial charge in [0.25, 0.3) is 0 Å². The maximum atomic E-state index is 7.36. The largest absolute Gasteiger partial charge is 0.387 e. The summed E-state index contributed by atoms with van der Waals surface area (Å²) in [6.07, 6.45) is 4.79. The zero-order valence-corrected chi connectivity index (χ0v) is 10.1. The number of tetrazole rings is 1. The number of hydrogen-bond donors (Lipinski definition) is 2. The van der Waals surface area contributed by atoms with E-state index in [-0.39, 0.29) is 11.1 Å². The Kier molecular flexibility index (Phi) is 3.42. The molecule has 1 aliphatic rings. The highest BCUT2D eigenvalue weighted by Gasteiger charge is 2.23. The number of aromatic nitrogens is 4. The Hall–Kier alpha value is -1.11. The standard InChI is InChI=1S/C9H16N6S/c1-6(8(10)11)16-9-12-13-14-15(9)7-4-2-3-5-7/h6-7H,2-5H2,1H3,(H3,10,11). The van der Waals surface area contributed by atoms with Crippen LogP contribution in [-0.4, -0.2) is 31.3 Å². The van der Waals surface area contributed by atoms with Crippen LogP contribution in [0.25, 0.3) is 0 Å². The minimum atomic E-state index is -0.0776. The fourth-order valence-corrected chi connectivity index (χ4v) is 2.68. The number of nitrogens with two attached hydrogens (primary N) is 1. The van der Waals surface area contributed by atoms with E-state index in [0.29, 0.717) is 6.04 Å². The van der Waals surface area contributed by atoms with Crippen molar-refractivity contribution in [2.75, 3.05) is 0 Å². The first kappa shape index (κ1) is 11.4. The molecule has 0 amide bonds. The molecule has 1 aromatic heterocycles. The SMILES string of the molecule is CC(Sc1nnnn1C1CCCC1)C(=N)N. The molecule has 1 atom stereocenters. The monoisotopic (exact) mass is 240 g/mol. The Morgan fingerprint density at radius 1 is 1.56 bits per heavy atom. The zero-order chi connectivity index (χ0) is 11.5. The molecule has 1 aromatic rings. The van der Waals surface area contributed by atoms with Crippen LogP contribution in [0.1, 0.15) is 38.6 Å². The molecule has 88 valence electrons. The van der Waals surface area contributed by atoms with Crippen LogP contribution in [0.4, 0.5) is 0 Å². The molecule has 0 bridgehead atoms. The second-order valence-corrected chi connectivity index (χ2v) is 5.37. The van der Waals surface area contributed by atoms with Gasteiger partial charge in [0.1, 0.15) is 5.84 Å². The predicted octanol–water partition coefficient (Wildman–Crippen LogP) is 1.20. The van der Waals surface area contributed by atoms with Crippen LogP contribution in [-0.2, 0) is 0 Å². The predicted molar refractivity (Wildman–Crippen MR) is 62.6 cm³/mol. The number of rotatable bonds is 4. The molecule has 7 heteroatoms. The lowest BCUT2D eigenvalue weighted by molar-refractivity contribution is 0.423. The molecular formula is C9H16N6S. The van der Waals surface area contributed by atoms with Gasteiger partial charge in [-0.1, -0.05) is 24.6 Å². The molecule has 3 N–H and O–H groups in total. The van der Waals surface area contributed by atoms with Gasteiger partial charge in [0.2, 0.25) is 5.16 Å². The molecule has 2 rings (SSSR count). The van der Waals surface area contributed by atoms with Crippen molar-refractivity contribution < 1.29 is 0 Å². The average Bonchev–Trinajstić information content (AvgIpc) is 2.85. The lowest BCUT2D eigenvalue weighted by Gasteiger charge is -2.13. The minimum Gasteiger partial charge on any atom is -0.387 e. The molecular weight excluding hydrogens is 224 g/mol. The highest BCUT2D eigenvalue weighted by molar-refractivity contribution is 8.00. The third kappa shape index (κ3) is 2.34. The summed E-state index contributed by atoms with van der Waals surface area (Å²) in [7, 11) is 0. The van der Waals surface area contributed by atoms with Crippen molar-refractivity contribution in [3.05, 3.63) is 0 Å². The number of thioether (sulfide) groups is 1. The summed E-state index contributed by atoms with van der Waals surface area (Å²) in [6.45, 7) is 1.89. The zero-order valence-electron chi connectivity index (χ0n) is 9.26. The first-order valence-electron chi connectivity index (χ1n) is 5.47. The van der Waals surface area contributed by atoms with E-state index in [1.54, 1.807) is 0 Å². The summed E-state index contributed by atoms with van der Waals surface area (Å²) < 4.78 is 1.89. The Bertz CT molecular complexity index is 370. The summed E-state index contributed by atoms with van der Waals surface area (Å²) >= 11 is 1.45. The van der Waals surface area contributed by atoms with Crippen molar-refractivity contribution in [2.45, 2.75) is 49.1 Å². The molecule has 1 unspecified atom stereocenters. The van der Waals surface area contributed by atoms with Crippen molar-refractivity contribution in [1.29, 1.82) is 5.41 Å². The van der Waals surface area contributed by atoms with Crippen LogP contribution in [0, 0.1) is 5.41 Å². The third-order valence-electron chi connectivity index (χ3n) is 2.85. The molecule has 6 nitrogen and oxygen atoms in total. The Morgan fingerprint density at radius 3 is 2.88 bits per heavy atom. The lowest BCUT2D eigenvalue weighted by atomic mass is 10.3. The van der Waals surface area contributed by atoms with Gasteiger partial charge >= 0.3 is 0 Å². The molecule has 1 fully saturated rings. The number of nitrogens with one attached hydrogen (secondary N) is 1. The Labute approximate surface area is 98.5 Å². The van der Waals surface area contributed by atoms with Crippen LogP contribution < -0.4 is 5.73 Å². The van der Waals surface area contributed by atoms with E-state index < -0.39 is 0 Å². The second kappa shape index (κ2) is 4.82. The van der Waals surface area contributed by atoms with E-state index in [0.717, 1.165) is 18.0 Å². The van der Waals surface area contributed by atoms with Gasteiger partial charge in [-0.25, -0.2) is 4.68 Å². The summed E-state index contributed by atoms with van der Waals surface area (Å²) in [5.41, 5.74) is 5.44. The van der Waals surface area contributed by atoms with Gasteiger partial charge in [0.05, 0.1) is 11.3 Å². The van der Waals surface area contributed by atoms with Crippen molar-refractivity contribution in [2.24, 2.45) is 5.73 Å². The van der Waals surface area contributed by atoms with Gasteiger partial charge in [0.15, 0.2) is 0 Å². The first-order chi connectivity index (χ1) is 7.68. The molecule has 0 radical (unpaired) electrons. The molecule has 1 heterocycles. The molecule has 0 aliphatic heterocycles. The Balaban J connectivity index is 2.09. The van der Waals surface area contributed by atoms with Gasteiger partial charge in [-0.05, 0) is 30.2 Å². The fraction of sp³-hybridized carbons (Fsp3) is 0.778. The first-order valence-corrected chi connectivity index (χ1v) is 6.35. The lowest BCUT2D eigenvalue weighted by Crippen LogP contribution is -2.22. The van der Waals surface area contributed by atoms with E-state index in [4.69, 9.17) is 11.1 Å². The number of amidine groups is 1. The molecule has 1 saturated carbocycles. The van der Waals surface area contributed by atoms with Crippen LogP contribution in [0.3, 0.4) is 0 Å². The number of hydrogen-bond acceptors (Lipinski definition) is 5. The van der Waals surface area contributed by atoms with Gasteiger partial charge in [-0.15, -0.1) is 5.10 Å². The maximum absolute atomic E-state index is 7.36. The normalized spacial score (nSPS) is 18.8. The summed E-state index contributed by atoms with van der Waals surface area (Å²) in [5.74, 6) is 0.158. The topological polar surface area (TPSA) is 93.5 Å². The highest BCUT2D eigenvalue weighted by Crippen LogP contribution is 2.32. The van der Waals surface area contributed by atoms with Crippen molar-refractivity contribution >= 4 is 17.6 Å². The maximum Gasteiger partial charge on any atom is 0.210 e. The van der Waals surface area contributed by atoms with Gasteiger partial charge in [-0.3, -0.25) is 5.41 Å². The van der Waals surface area contributed by atoms with E-state index in [2.05, 4.69) is 15.5 Å². The van der Waals surface area contributed by atoms with Crippen molar-refractivity contribution in [3.63, 3.8) is 0 Å². The minimum absolute atomic E-state index is 0.0776. The molecule has 1 aliphatic carbocycles. The van der Waals surface area contributed by atoms with Crippen LogP contribution in [0.15, 0.2) is 5.16 Å². The van der Waals surface area contributed by atoms with Gasteiger partial charge in [0, 0.05) is 0 Å². The Morgan fingerprint density at radius 2 is 2.25 bits per heavy atom. The third-order valence-corrected chi connectivity index (χ3v) is 3.94. The van der Waals surface area contributed by atoms with Crippen molar-refractivity contribution in [1.82, 2.24) is 20.2 Å². The average molecular weight is 240 g/mol. The molecule has 0 aromatic carbocycles. The quantitative estimate of drug-likeness (QED) is 0.468. The smallest absolute Gasteiger partial charge is 0.210 e. The van der Waals surface area contributed by atoms with E-state index in [9.17, 15) is 0 Å². The van der Waals surface area contributed by atoms with E-state index in [1.807, 2.05) is 11.6 Å². The van der Waals surface area contributed by atoms with Gasteiger partial charge < -0.3 is 5.73 Å². The van der Waals surface area contributed by atoms with Crippen LogP contribution in [0.5, 0.6) is 0 Å². The van der Waals surface area contributed by atoms with Crippen LogP contribution in [0.2, 0.25) is 0 Å². The summed E-state index contributed by atoms with van der Waals surface area (Å²) in [5, 5.41) is 19.8. The molecule has 16 heavy (non-hydrogen) atoms. The van der Waals surface area contributed by atoms with Crippen molar-refractivity contribution in [3.8, 4) is 0 Å². The van der Waals surface area contributed by atoms with E-state index >= 15 is 0 Å². The summed E-state index contributed by atoms with van der Waals surface area (Å²) in [4.78, 5) is 0.